The zero-order chi connectivity index (χ0) is 23.4. The number of amides is 1. The molecule has 4 rings (SSSR count). The number of hydrogen-bond acceptors (Lipinski definition) is 6. The Balaban J connectivity index is 1.56. The SMILES string of the molecule is COc1ccc(-n2ncc(C(=O)Nc3ccc(Nc4ccccc4)cc3)c2C(F)(F)F)nn1. The zero-order valence-corrected chi connectivity index (χ0v) is 17.2. The number of alkyl halides is 3. The van der Waals surface area contributed by atoms with Gasteiger partial charge < -0.3 is 15.4 Å². The molecule has 0 aliphatic rings. The maximum atomic E-state index is 13.8. The molecule has 0 unspecified atom stereocenters. The minimum atomic E-state index is -4.87. The van der Waals surface area contributed by atoms with E-state index in [2.05, 4.69) is 25.9 Å². The summed E-state index contributed by atoms with van der Waals surface area (Å²) in [5, 5.41) is 16.7. The summed E-state index contributed by atoms with van der Waals surface area (Å²) in [5.74, 6) is -1.04. The minimum Gasteiger partial charge on any atom is -0.480 e. The molecular formula is C22H17F3N6O2. The molecule has 2 aromatic carbocycles. The number of nitrogens with one attached hydrogen (secondary N) is 2. The number of anilines is 3. The molecule has 0 aliphatic carbocycles. The van der Waals surface area contributed by atoms with Crippen LogP contribution < -0.4 is 15.4 Å². The van der Waals surface area contributed by atoms with Gasteiger partial charge in [-0.3, -0.25) is 4.79 Å². The molecule has 0 spiro atoms. The smallest absolute Gasteiger partial charge is 0.434 e. The van der Waals surface area contributed by atoms with Gasteiger partial charge in [0.05, 0.1) is 18.9 Å². The number of benzene rings is 2. The Morgan fingerprint density at radius 1 is 0.909 bits per heavy atom. The highest BCUT2D eigenvalue weighted by Crippen LogP contribution is 2.34. The molecule has 0 atom stereocenters. The van der Waals surface area contributed by atoms with Crippen molar-refractivity contribution in [3.8, 4) is 11.7 Å². The number of rotatable bonds is 6. The van der Waals surface area contributed by atoms with E-state index in [1.165, 1.54) is 19.2 Å². The summed E-state index contributed by atoms with van der Waals surface area (Å²) in [4.78, 5) is 12.7. The van der Waals surface area contributed by atoms with Crippen molar-refractivity contribution in [2.24, 2.45) is 0 Å². The van der Waals surface area contributed by atoms with Crippen LogP contribution in [0.3, 0.4) is 0 Å². The first kappa shape index (κ1) is 21.8. The summed E-state index contributed by atoms with van der Waals surface area (Å²) in [6.07, 6.45) is -4.02. The maximum Gasteiger partial charge on any atom is 0.434 e. The molecule has 0 bridgehead atoms. The number of hydrogen-bond donors (Lipinski definition) is 2. The fourth-order valence-electron chi connectivity index (χ4n) is 3.02. The second kappa shape index (κ2) is 8.99. The van der Waals surface area contributed by atoms with Crippen LogP contribution in [-0.4, -0.2) is 33.0 Å². The van der Waals surface area contributed by atoms with E-state index in [0.29, 0.717) is 10.4 Å². The van der Waals surface area contributed by atoms with E-state index in [0.717, 1.165) is 17.6 Å². The quantitative estimate of drug-likeness (QED) is 0.439. The van der Waals surface area contributed by atoms with Crippen LogP contribution in [0.5, 0.6) is 5.88 Å². The fraction of sp³-hybridized carbons (Fsp3) is 0.0909. The molecule has 11 heteroatoms. The van der Waals surface area contributed by atoms with Gasteiger partial charge in [-0.25, -0.2) is 4.68 Å². The van der Waals surface area contributed by atoms with Gasteiger partial charge in [-0.2, -0.15) is 18.3 Å². The first-order valence-corrected chi connectivity index (χ1v) is 9.62. The monoisotopic (exact) mass is 454 g/mol. The van der Waals surface area contributed by atoms with Crippen LogP contribution in [-0.2, 0) is 6.18 Å². The zero-order valence-electron chi connectivity index (χ0n) is 17.2. The lowest BCUT2D eigenvalue weighted by Crippen LogP contribution is -2.21. The van der Waals surface area contributed by atoms with Crippen molar-refractivity contribution in [3.05, 3.63) is 84.2 Å². The first-order valence-electron chi connectivity index (χ1n) is 9.62. The number of methoxy groups -OCH3 is 1. The second-order valence-electron chi connectivity index (χ2n) is 6.77. The highest BCUT2D eigenvalue weighted by Gasteiger charge is 2.41. The molecule has 8 nitrogen and oxygen atoms in total. The van der Waals surface area contributed by atoms with Crippen molar-refractivity contribution in [1.29, 1.82) is 0 Å². The third-order valence-corrected chi connectivity index (χ3v) is 4.54. The van der Waals surface area contributed by atoms with Gasteiger partial charge in [0.1, 0.15) is 0 Å². The van der Waals surface area contributed by atoms with Gasteiger partial charge in [0.25, 0.3) is 5.91 Å². The van der Waals surface area contributed by atoms with Crippen molar-refractivity contribution in [2.45, 2.75) is 6.18 Å². The molecule has 2 heterocycles. The summed E-state index contributed by atoms with van der Waals surface area (Å²) in [6, 6.07) is 18.6. The molecule has 0 saturated carbocycles. The van der Waals surface area contributed by atoms with Crippen molar-refractivity contribution in [3.63, 3.8) is 0 Å². The number of carbonyl (C=O) groups is 1. The molecular weight excluding hydrogens is 437 g/mol. The lowest BCUT2D eigenvalue weighted by molar-refractivity contribution is -0.143. The van der Waals surface area contributed by atoms with Crippen LogP contribution in [0.25, 0.3) is 5.82 Å². The van der Waals surface area contributed by atoms with Crippen molar-refractivity contribution in [2.75, 3.05) is 17.7 Å². The average Bonchev–Trinajstić information content (AvgIpc) is 3.27. The molecule has 0 aliphatic heterocycles. The molecule has 168 valence electrons. The predicted molar refractivity (Wildman–Crippen MR) is 115 cm³/mol. The lowest BCUT2D eigenvalue weighted by Gasteiger charge is -2.12. The van der Waals surface area contributed by atoms with Crippen molar-refractivity contribution < 1.29 is 22.7 Å². The Hall–Kier alpha value is -4.41. The molecule has 2 N–H and O–H groups in total. The van der Waals surface area contributed by atoms with Crippen molar-refractivity contribution >= 4 is 23.0 Å². The molecule has 0 saturated heterocycles. The van der Waals surface area contributed by atoms with Gasteiger partial charge in [0.15, 0.2) is 11.5 Å². The highest BCUT2D eigenvalue weighted by molar-refractivity contribution is 6.05. The number of nitrogens with zero attached hydrogens (tertiary/aromatic N) is 4. The summed E-state index contributed by atoms with van der Waals surface area (Å²) < 4.78 is 46.8. The molecule has 1 amide bonds. The number of halogens is 3. The van der Waals surface area contributed by atoms with Crippen LogP contribution in [0.1, 0.15) is 16.1 Å². The summed E-state index contributed by atoms with van der Waals surface area (Å²) >= 11 is 0. The van der Waals surface area contributed by atoms with E-state index in [4.69, 9.17) is 4.74 Å². The standard InChI is InChI=1S/C22H17F3N6O2/c1-33-19-12-11-18(29-30-19)31-20(22(23,24)25)17(13-26-31)21(32)28-16-9-7-15(8-10-16)27-14-5-3-2-4-6-14/h2-13,27H,1H3,(H,28,32). The van der Waals surface area contributed by atoms with Crippen LogP contribution in [0.15, 0.2) is 72.9 Å². The van der Waals surface area contributed by atoms with Gasteiger partial charge in [-0.05, 0) is 42.5 Å². The number of para-hydroxylation sites is 1. The van der Waals surface area contributed by atoms with E-state index in [-0.39, 0.29) is 11.7 Å². The van der Waals surface area contributed by atoms with Gasteiger partial charge in [-0.1, -0.05) is 18.2 Å². The summed E-state index contributed by atoms with van der Waals surface area (Å²) in [7, 11) is 1.35. The molecule has 33 heavy (non-hydrogen) atoms. The van der Waals surface area contributed by atoms with E-state index >= 15 is 0 Å². The van der Waals surface area contributed by atoms with E-state index in [1.807, 2.05) is 30.3 Å². The van der Waals surface area contributed by atoms with Crippen LogP contribution in [0.2, 0.25) is 0 Å². The Labute approximate surface area is 186 Å². The summed E-state index contributed by atoms with van der Waals surface area (Å²) in [6.45, 7) is 0. The first-order chi connectivity index (χ1) is 15.8. The van der Waals surface area contributed by atoms with Gasteiger partial charge in [0, 0.05) is 23.1 Å². The lowest BCUT2D eigenvalue weighted by atomic mass is 10.2. The van der Waals surface area contributed by atoms with E-state index in [9.17, 15) is 18.0 Å². The normalized spacial score (nSPS) is 11.2. The van der Waals surface area contributed by atoms with Crippen LogP contribution in [0.4, 0.5) is 30.2 Å². The van der Waals surface area contributed by atoms with Crippen LogP contribution >= 0.6 is 0 Å². The fourth-order valence-corrected chi connectivity index (χ4v) is 3.02. The molecule has 0 fully saturated rings. The summed E-state index contributed by atoms with van der Waals surface area (Å²) in [5.41, 5.74) is 0.0383. The Kier molecular flexibility index (Phi) is 5.94. The molecule has 2 aromatic heterocycles. The van der Waals surface area contributed by atoms with Gasteiger partial charge in [0.2, 0.25) is 5.88 Å². The third-order valence-electron chi connectivity index (χ3n) is 4.54. The van der Waals surface area contributed by atoms with Gasteiger partial charge in [-0.15, -0.1) is 10.2 Å². The van der Waals surface area contributed by atoms with E-state index in [1.54, 1.807) is 24.3 Å². The second-order valence-corrected chi connectivity index (χ2v) is 6.77. The minimum absolute atomic E-state index is 0.127. The third kappa shape index (κ3) is 4.92. The van der Waals surface area contributed by atoms with Crippen LogP contribution in [0, 0.1) is 0 Å². The van der Waals surface area contributed by atoms with Gasteiger partial charge >= 0.3 is 6.18 Å². The Morgan fingerprint density at radius 2 is 1.58 bits per heavy atom. The molecule has 0 radical (unpaired) electrons. The van der Waals surface area contributed by atoms with Crippen molar-refractivity contribution in [1.82, 2.24) is 20.0 Å². The number of aromatic nitrogens is 4. The van der Waals surface area contributed by atoms with E-state index < -0.39 is 23.3 Å². The highest BCUT2D eigenvalue weighted by atomic mass is 19.4. The topological polar surface area (TPSA) is 94.0 Å². The number of carbonyl (C=O) groups excluding carboxylic acids is 1. The predicted octanol–water partition coefficient (Wildman–Crippen LogP) is 4.69. The largest absolute Gasteiger partial charge is 0.480 e. The Bertz CT molecular complexity index is 1240. The maximum absolute atomic E-state index is 13.8. The Morgan fingerprint density at radius 3 is 2.18 bits per heavy atom. The number of ether oxygens (including phenoxy) is 1. The average molecular weight is 454 g/mol. The molecule has 4 aromatic rings.